The molecule has 0 aliphatic carbocycles. The van der Waals surface area contributed by atoms with Crippen molar-refractivity contribution in [3.8, 4) is 0 Å². The minimum Gasteiger partial charge on any atom is -0.360 e. The molecular weight excluding hydrogens is 362 g/mol. The molecule has 0 atom stereocenters. The molecular formula is C14H19N7O2S2. The van der Waals surface area contributed by atoms with Crippen LogP contribution in [0.1, 0.15) is 13.3 Å². The maximum atomic E-state index is 12.6. The molecule has 9 nitrogen and oxygen atoms in total. The molecule has 0 fully saturated rings. The first-order valence-electron chi connectivity index (χ1n) is 7.84. The zero-order valence-electron chi connectivity index (χ0n) is 14.2. The Balaban J connectivity index is 1.70. The Morgan fingerprint density at radius 3 is 2.84 bits per heavy atom. The number of aryl methyl sites for hydroxylation is 2. The summed E-state index contributed by atoms with van der Waals surface area (Å²) in [5.74, 6) is 0.750. The number of hydrogen-bond donors (Lipinski definition) is 1. The summed E-state index contributed by atoms with van der Waals surface area (Å²) in [7, 11) is 3.38. The Bertz CT molecular complexity index is 1000. The van der Waals surface area contributed by atoms with Gasteiger partial charge in [-0.3, -0.25) is 13.9 Å². The van der Waals surface area contributed by atoms with Crippen molar-refractivity contribution in [1.29, 1.82) is 0 Å². The van der Waals surface area contributed by atoms with Crippen LogP contribution in [0, 0.1) is 0 Å². The van der Waals surface area contributed by atoms with Gasteiger partial charge in [0.1, 0.15) is 0 Å². The fraction of sp³-hybridized carbons (Fsp3) is 0.500. The maximum Gasteiger partial charge on any atom is 0.332 e. The topological polar surface area (TPSA) is 99.6 Å². The minimum absolute atomic E-state index is 0.298. The van der Waals surface area contributed by atoms with Crippen molar-refractivity contribution in [2.45, 2.75) is 24.2 Å². The molecule has 11 heteroatoms. The van der Waals surface area contributed by atoms with Crippen LogP contribution in [-0.2, 0) is 20.6 Å². The first-order chi connectivity index (χ1) is 12.0. The van der Waals surface area contributed by atoms with Crippen molar-refractivity contribution in [3.63, 3.8) is 0 Å². The number of nitrogens with one attached hydrogen (secondary N) is 1. The third-order valence-corrected chi connectivity index (χ3v) is 5.79. The second kappa shape index (κ2) is 7.40. The van der Waals surface area contributed by atoms with Crippen LogP contribution in [0.25, 0.3) is 11.2 Å². The normalized spacial score (nSPS) is 11.3. The first-order valence-corrected chi connectivity index (χ1v) is 9.64. The van der Waals surface area contributed by atoms with Gasteiger partial charge in [0.25, 0.3) is 5.56 Å². The Hall–Kier alpha value is -2.14. The SMILES string of the molecule is CCNc1nnc(SCCCn2c(=O)c3c(ncn3C)n(C)c2=O)s1. The molecule has 0 unspecified atom stereocenters. The van der Waals surface area contributed by atoms with Crippen molar-refractivity contribution >= 4 is 39.4 Å². The van der Waals surface area contributed by atoms with E-state index in [9.17, 15) is 9.59 Å². The Morgan fingerprint density at radius 2 is 2.08 bits per heavy atom. The number of nitrogens with zero attached hydrogens (tertiary/aromatic N) is 6. The minimum atomic E-state index is -0.341. The van der Waals surface area contributed by atoms with Crippen LogP contribution < -0.4 is 16.6 Å². The molecule has 3 rings (SSSR count). The summed E-state index contributed by atoms with van der Waals surface area (Å²) in [5, 5.41) is 12.1. The molecule has 134 valence electrons. The Labute approximate surface area is 151 Å². The molecule has 0 saturated heterocycles. The van der Waals surface area contributed by atoms with Gasteiger partial charge in [0.15, 0.2) is 15.5 Å². The molecule has 0 spiro atoms. The molecule has 3 heterocycles. The highest BCUT2D eigenvalue weighted by atomic mass is 32.2. The highest BCUT2D eigenvalue weighted by Crippen LogP contribution is 2.25. The molecule has 25 heavy (non-hydrogen) atoms. The molecule has 0 aliphatic rings. The zero-order valence-corrected chi connectivity index (χ0v) is 15.9. The summed E-state index contributed by atoms with van der Waals surface area (Å²) in [6.45, 7) is 3.17. The van der Waals surface area contributed by atoms with Gasteiger partial charge in [-0.05, 0) is 13.3 Å². The molecule has 3 aromatic heterocycles. The second-order valence-electron chi connectivity index (χ2n) is 5.43. The smallest absolute Gasteiger partial charge is 0.332 e. The fourth-order valence-electron chi connectivity index (χ4n) is 2.47. The number of hydrogen-bond acceptors (Lipinski definition) is 8. The van der Waals surface area contributed by atoms with Gasteiger partial charge < -0.3 is 9.88 Å². The van der Waals surface area contributed by atoms with Crippen LogP contribution >= 0.6 is 23.1 Å². The van der Waals surface area contributed by atoms with E-state index in [0.717, 1.165) is 21.8 Å². The lowest BCUT2D eigenvalue weighted by molar-refractivity contribution is 0.594. The van der Waals surface area contributed by atoms with Crippen LogP contribution in [0.4, 0.5) is 5.13 Å². The number of aromatic nitrogens is 6. The van der Waals surface area contributed by atoms with Crippen LogP contribution in [0.15, 0.2) is 20.3 Å². The van der Waals surface area contributed by atoms with Gasteiger partial charge in [-0.15, -0.1) is 10.2 Å². The Morgan fingerprint density at radius 1 is 1.28 bits per heavy atom. The molecule has 3 aromatic rings. The number of imidazole rings is 1. The molecule has 0 saturated carbocycles. The average molecular weight is 381 g/mol. The third-order valence-electron chi connectivity index (χ3n) is 3.69. The van der Waals surface area contributed by atoms with Crippen molar-refractivity contribution in [1.82, 2.24) is 28.9 Å². The average Bonchev–Trinajstić information content (AvgIpc) is 3.19. The summed E-state index contributed by atoms with van der Waals surface area (Å²) in [5.41, 5.74) is 0.210. The van der Waals surface area contributed by atoms with E-state index in [1.165, 1.54) is 20.5 Å². The van der Waals surface area contributed by atoms with E-state index in [-0.39, 0.29) is 11.2 Å². The molecule has 0 radical (unpaired) electrons. The molecule has 0 amide bonds. The van der Waals surface area contributed by atoms with Crippen molar-refractivity contribution in [2.24, 2.45) is 14.1 Å². The molecule has 1 N–H and O–H groups in total. The molecule has 0 aliphatic heterocycles. The first kappa shape index (κ1) is 17.7. The number of rotatable bonds is 7. The summed E-state index contributed by atoms with van der Waals surface area (Å²) in [6, 6.07) is 0. The highest BCUT2D eigenvalue weighted by Gasteiger charge is 2.14. The fourth-order valence-corrected chi connectivity index (χ4v) is 4.28. The van der Waals surface area contributed by atoms with Gasteiger partial charge in [-0.25, -0.2) is 9.78 Å². The third kappa shape index (κ3) is 3.47. The van der Waals surface area contributed by atoms with Crippen LogP contribution in [-0.4, -0.2) is 41.2 Å². The van der Waals surface area contributed by atoms with E-state index in [1.54, 1.807) is 36.8 Å². The van der Waals surface area contributed by atoms with E-state index < -0.39 is 0 Å². The van der Waals surface area contributed by atoms with Crippen molar-refractivity contribution < 1.29 is 0 Å². The predicted molar refractivity (Wildman–Crippen MR) is 99.6 cm³/mol. The zero-order chi connectivity index (χ0) is 18.0. The van der Waals surface area contributed by atoms with Gasteiger partial charge in [-0.2, -0.15) is 0 Å². The van der Waals surface area contributed by atoms with Crippen LogP contribution in [0.2, 0.25) is 0 Å². The summed E-state index contributed by atoms with van der Waals surface area (Å²) in [4.78, 5) is 29.1. The molecule has 0 bridgehead atoms. The van der Waals surface area contributed by atoms with Crippen molar-refractivity contribution in [2.75, 3.05) is 17.6 Å². The van der Waals surface area contributed by atoms with E-state index in [2.05, 4.69) is 20.5 Å². The van der Waals surface area contributed by atoms with Crippen LogP contribution in [0.3, 0.4) is 0 Å². The van der Waals surface area contributed by atoms with Gasteiger partial charge >= 0.3 is 5.69 Å². The quantitative estimate of drug-likeness (QED) is 0.479. The monoisotopic (exact) mass is 381 g/mol. The predicted octanol–water partition coefficient (Wildman–Crippen LogP) is 0.899. The van der Waals surface area contributed by atoms with Gasteiger partial charge in [-0.1, -0.05) is 23.1 Å². The van der Waals surface area contributed by atoms with Crippen LogP contribution in [0.5, 0.6) is 0 Å². The lowest BCUT2D eigenvalue weighted by atomic mass is 10.4. The summed E-state index contributed by atoms with van der Waals surface area (Å²) in [6.07, 6.45) is 2.22. The van der Waals surface area contributed by atoms with Gasteiger partial charge in [0, 0.05) is 32.9 Å². The van der Waals surface area contributed by atoms with E-state index in [1.807, 2.05) is 6.92 Å². The summed E-state index contributed by atoms with van der Waals surface area (Å²) < 4.78 is 5.20. The summed E-state index contributed by atoms with van der Waals surface area (Å²) >= 11 is 3.07. The van der Waals surface area contributed by atoms with Gasteiger partial charge in [0.05, 0.1) is 6.33 Å². The largest absolute Gasteiger partial charge is 0.360 e. The number of anilines is 1. The number of thioether (sulfide) groups is 1. The van der Waals surface area contributed by atoms with E-state index in [0.29, 0.717) is 24.1 Å². The van der Waals surface area contributed by atoms with Gasteiger partial charge in [0.2, 0.25) is 5.13 Å². The Kier molecular flexibility index (Phi) is 5.23. The standard InChI is InChI=1S/C14H19N7O2S2/c1-4-15-12-17-18-13(25-12)24-7-5-6-21-11(22)9-10(16-8-19(9)2)20(3)14(21)23/h8H,4-7H2,1-3H3,(H,15,17). The van der Waals surface area contributed by atoms with E-state index in [4.69, 9.17) is 0 Å². The lowest BCUT2D eigenvalue weighted by Crippen LogP contribution is -2.39. The maximum absolute atomic E-state index is 12.6. The number of fused-ring (bicyclic) bond motifs is 1. The van der Waals surface area contributed by atoms with E-state index >= 15 is 0 Å². The lowest BCUT2D eigenvalue weighted by Gasteiger charge is -2.08. The molecule has 0 aromatic carbocycles. The van der Waals surface area contributed by atoms with Crippen molar-refractivity contribution in [3.05, 3.63) is 27.2 Å². The second-order valence-corrected chi connectivity index (χ2v) is 7.75. The highest BCUT2D eigenvalue weighted by molar-refractivity contribution is 8.01.